The number of halogens is 3. The largest absolute Gasteiger partial charge is 0.434 e. The third kappa shape index (κ3) is 5.42. The Hall–Kier alpha value is -3.15. The Labute approximate surface area is 199 Å². The summed E-state index contributed by atoms with van der Waals surface area (Å²) < 4.78 is 43.0. The van der Waals surface area contributed by atoms with E-state index in [1.807, 2.05) is 0 Å². The molecule has 3 fully saturated rings. The lowest BCUT2D eigenvalue weighted by Gasteiger charge is -2.35. The van der Waals surface area contributed by atoms with Crippen LogP contribution in [0.1, 0.15) is 60.9 Å². The van der Waals surface area contributed by atoms with E-state index < -0.39 is 59.8 Å². The molecule has 1 aromatic carbocycles. The highest BCUT2D eigenvalue weighted by molar-refractivity contribution is 5.98. The Morgan fingerprint density at radius 2 is 1.69 bits per heavy atom. The van der Waals surface area contributed by atoms with Crippen LogP contribution in [0.15, 0.2) is 24.3 Å². The van der Waals surface area contributed by atoms with Gasteiger partial charge in [-0.2, -0.15) is 13.2 Å². The minimum Gasteiger partial charge on any atom is -0.434 e. The van der Waals surface area contributed by atoms with Gasteiger partial charge >= 0.3 is 12.1 Å². The van der Waals surface area contributed by atoms with Crippen molar-refractivity contribution in [3.63, 3.8) is 0 Å². The summed E-state index contributed by atoms with van der Waals surface area (Å²) in [7, 11) is 0. The summed E-state index contributed by atoms with van der Waals surface area (Å²) in [6, 6.07) is 0.828. The van der Waals surface area contributed by atoms with Crippen molar-refractivity contribution in [1.82, 2.24) is 15.5 Å². The molecule has 3 aliphatic heterocycles. The molecule has 1 aromatic rings. The number of nitrogens with zero attached hydrogens (tertiary/aromatic N) is 1. The van der Waals surface area contributed by atoms with E-state index in [9.17, 15) is 37.5 Å². The topological polar surface area (TPSA) is 125 Å². The standard InChI is InChI=1S/C23H26F3N3O6/c24-23(25,26)13-7-5-12(6-8-13)19(31)27-15-4-2-1-3-14-9-10-17(29(14)21(15)33)20(32)28-16-11-18(30)35-22(16)34/h5-8,14-17,22,34H,1-4,9-11H2,(H,27,31)(H,28,32)/t14-,15-,16?,17-,22?/m0/s1. The molecule has 3 saturated heterocycles. The Bertz CT molecular complexity index is 999. The number of ether oxygens (including phenoxy) is 1. The van der Waals surface area contributed by atoms with Crippen molar-refractivity contribution in [3.05, 3.63) is 35.4 Å². The van der Waals surface area contributed by atoms with Crippen molar-refractivity contribution in [2.45, 2.75) is 81.6 Å². The van der Waals surface area contributed by atoms with Crippen LogP contribution in [-0.4, -0.2) is 64.2 Å². The van der Waals surface area contributed by atoms with E-state index in [1.54, 1.807) is 0 Å². The van der Waals surface area contributed by atoms with Gasteiger partial charge in [-0.05, 0) is 49.9 Å². The van der Waals surface area contributed by atoms with Crippen molar-refractivity contribution in [2.24, 2.45) is 0 Å². The normalized spacial score (nSPS) is 29.1. The first kappa shape index (κ1) is 25.0. The minimum atomic E-state index is -4.53. The van der Waals surface area contributed by atoms with Crippen LogP contribution in [0.5, 0.6) is 0 Å². The fraction of sp³-hybridized carbons (Fsp3) is 0.565. The summed E-state index contributed by atoms with van der Waals surface area (Å²) in [4.78, 5) is 51.9. The molecule has 0 aromatic heterocycles. The number of fused-ring (bicyclic) bond motifs is 1. The van der Waals surface area contributed by atoms with Crippen LogP contribution in [0.2, 0.25) is 0 Å². The van der Waals surface area contributed by atoms with Gasteiger partial charge in [0.2, 0.25) is 18.1 Å². The first-order valence-corrected chi connectivity index (χ1v) is 11.5. The van der Waals surface area contributed by atoms with Gasteiger partial charge in [-0.25, -0.2) is 0 Å². The lowest BCUT2D eigenvalue weighted by Crippen LogP contribution is -2.57. The van der Waals surface area contributed by atoms with Crippen molar-refractivity contribution in [1.29, 1.82) is 0 Å². The molecule has 4 rings (SSSR count). The summed E-state index contributed by atoms with van der Waals surface area (Å²) in [5, 5.41) is 15.0. The molecule has 3 amide bonds. The van der Waals surface area contributed by atoms with E-state index in [0.717, 1.165) is 30.7 Å². The van der Waals surface area contributed by atoms with Crippen LogP contribution in [0.4, 0.5) is 13.2 Å². The van der Waals surface area contributed by atoms with Gasteiger partial charge in [0.1, 0.15) is 18.1 Å². The second-order valence-corrected chi connectivity index (χ2v) is 9.08. The summed E-state index contributed by atoms with van der Waals surface area (Å²) in [5.74, 6) is -2.27. The fourth-order valence-corrected chi connectivity index (χ4v) is 4.92. The molecule has 5 atom stereocenters. The van der Waals surface area contributed by atoms with Gasteiger partial charge in [-0.1, -0.05) is 12.8 Å². The summed E-state index contributed by atoms with van der Waals surface area (Å²) in [5.41, 5.74) is -0.899. The Balaban J connectivity index is 1.46. The van der Waals surface area contributed by atoms with Crippen LogP contribution < -0.4 is 10.6 Å². The van der Waals surface area contributed by atoms with Crippen molar-refractivity contribution < 1.29 is 42.2 Å². The molecule has 3 heterocycles. The Morgan fingerprint density at radius 1 is 1.00 bits per heavy atom. The highest BCUT2D eigenvalue weighted by atomic mass is 19.4. The van der Waals surface area contributed by atoms with Gasteiger partial charge < -0.3 is 25.4 Å². The summed E-state index contributed by atoms with van der Waals surface area (Å²) in [6.07, 6.45) is -2.72. The highest BCUT2D eigenvalue weighted by Gasteiger charge is 2.45. The first-order chi connectivity index (χ1) is 16.5. The van der Waals surface area contributed by atoms with Crippen molar-refractivity contribution in [2.75, 3.05) is 0 Å². The second-order valence-electron chi connectivity index (χ2n) is 9.08. The number of aliphatic hydroxyl groups is 1. The first-order valence-electron chi connectivity index (χ1n) is 11.5. The lowest BCUT2D eigenvalue weighted by atomic mass is 9.98. The zero-order valence-corrected chi connectivity index (χ0v) is 18.7. The summed E-state index contributed by atoms with van der Waals surface area (Å²) >= 11 is 0. The van der Waals surface area contributed by atoms with Crippen molar-refractivity contribution >= 4 is 23.7 Å². The lowest BCUT2D eigenvalue weighted by molar-refractivity contribution is -0.155. The summed E-state index contributed by atoms with van der Waals surface area (Å²) in [6.45, 7) is 0. The predicted octanol–water partition coefficient (Wildman–Crippen LogP) is 1.49. The van der Waals surface area contributed by atoms with Crippen LogP contribution in [0, 0.1) is 0 Å². The monoisotopic (exact) mass is 497 g/mol. The van der Waals surface area contributed by atoms with Gasteiger partial charge in [0.25, 0.3) is 5.91 Å². The van der Waals surface area contributed by atoms with Crippen LogP contribution in [0.25, 0.3) is 0 Å². The van der Waals surface area contributed by atoms with Crippen LogP contribution in [0.3, 0.4) is 0 Å². The van der Waals surface area contributed by atoms with Crippen LogP contribution in [-0.2, 0) is 25.3 Å². The van der Waals surface area contributed by atoms with E-state index in [-0.39, 0.29) is 18.0 Å². The zero-order valence-electron chi connectivity index (χ0n) is 18.7. The van der Waals surface area contributed by atoms with E-state index in [4.69, 9.17) is 0 Å². The number of esters is 1. The smallest absolute Gasteiger partial charge is 0.416 e. The highest BCUT2D eigenvalue weighted by Crippen LogP contribution is 2.32. The molecule has 0 spiro atoms. The Morgan fingerprint density at radius 3 is 2.31 bits per heavy atom. The molecule has 2 unspecified atom stereocenters. The van der Waals surface area contributed by atoms with E-state index in [0.29, 0.717) is 32.1 Å². The van der Waals surface area contributed by atoms with Crippen LogP contribution >= 0.6 is 0 Å². The number of benzene rings is 1. The third-order valence-electron chi connectivity index (χ3n) is 6.73. The van der Waals surface area contributed by atoms with E-state index in [1.165, 1.54) is 4.90 Å². The molecule has 3 aliphatic rings. The SMILES string of the molecule is O=C1CC(NC(=O)[C@@H]2CC[C@@H]3CCCC[C@H](NC(=O)c4ccc(C(F)(F)F)cc4)C(=O)N32)C(O)O1. The number of hydrogen-bond donors (Lipinski definition) is 3. The number of amides is 3. The maximum atomic E-state index is 13.5. The molecule has 0 saturated carbocycles. The van der Waals surface area contributed by atoms with E-state index >= 15 is 0 Å². The minimum absolute atomic E-state index is 0.0139. The number of alkyl halides is 3. The number of aliphatic hydroxyl groups excluding tert-OH is 1. The second kappa shape index (κ2) is 9.84. The maximum Gasteiger partial charge on any atom is 0.416 e. The van der Waals surface area contributed by atoms with Gasteiger partial charge in [0.15, 0.2) is 0 Å². The van der Waals surface area contributed by atoms with E-state index in [2.05, 4.69) is 15.4 Å². The molecule has 0 aliphatic carbocycles. The van der Waals surface area contributed by atoms with Gasteiger partial charge in [0, 0.05) is 11.6 Å². The fourth-order valence-electron chi connectivity index (χ4n) is 4.92. The number of hydrogen-bond acceptors (Lipinski definition) is 6. The average Bonchev–Trinajstić information content (AvgIpc) is 3.35. The van der Waals surface area contributed by atoms with Gasteiger partial charge in [-0.3, -0.25) is 19.2 Å². The molecule has 12 heteroatoms. The van der Waals surface area contributed by atoms with Gasteiger partial charge in [0.05, 0.1) is 12.0 Å². The molecule has 190 valence electrons. The number of carbonyl (C=O) groups excluding carboxylic acids is 4. The molecular formula is C23H26F3N3O6. The number of nitrogens with one attached hydrogen (secondary N) is 2. The van der Waals surface area contributed by atoms with Crippen molar-refractivity contribution in [3.8, 4) is 0 Å². The number of cyclic esters (lactones) is 1. The molecular weight excluding hydrogens is 471 g/mol. The van der Waals surface area contributed by atoms with Gasteiger partial charge in [-0.15, -0.1) is 0 Å². The molecule has 0 bridgehead atoms. The molecule has 3 N–H and O–H groups in total. The Kier molecular flexibility index (Phi) is 7.02. The third-order valence-corrected chi connectivity index (χ3v) is 6.73. The maximum absolute atomic E-state index is 13.5. The number of carbonyl (C=O) groups is 4. The quantitative estimate of drug-likeness (QED) is 0.542. The zero-order chi connectivity index (χ0) is 25.3. The molecule has 35 heavy (non-hydrogen) atoms. The number of rotatable bonds is 4. The molecule has 0 radical (unpaired) electrons. The predicted molar refractivity (Wildman–Crippen MR) is 113 cm³/mol. The average molecular weight is 497 g/mol. The molecule has 9 nitrogen and oxygen atoms in total.